The maximum Gasteiger partial charge on any atom is 0.287 e. The van der Waals surface area contributed by atoms with Crippen molar-refractivity contribution in [2.75, 3.05) is 11.1 Å². The van der Waals surface area contributed by atoms with Gasteiger partial charge in [0.15, 0.2) is 5.03 Å². The molecule has 138 valence electrons. The van der Waals surface area contributed by atoms with Crippen LogP contribution >= 0.6 is 11.8 Å². The van der Waals surface area contributed by atoms with Crippen LogP contribution < -0.4 is 10.9 Å². The first-order valence-corrected chi connectivity index (χ1v) is 9.26. The number of halogens is 1. The number of nitrogens with zero attached hydrogens (tertiary/aromatic N) is 2. The van der Waals surface area contributed by atoms with Gasteiger partial charge in [0, 0.05) is 18.1 Å². The van der Waals surface area contributed by atoms with E-state index in [-0.39, 0.29) is 22.0 Å². The van der Waals surface area contributed by atoms with Gasteiger partial charge >= 0.3 is 0 Å². The van der Waals surface area contributed by atoms with Crippen molar-refractivity contribution in [2.24, 2.45) is 0 Å². The second kappa shape index (κ2) is 8.18. The minimum atomic E-state index is -0.508. The highest BCUT2D eigenvalue weighted by atomic mass is 32.2. The summed E-state index contributed by atoms with van der Waals surface area (Å²) in [5.74, 6) is -0.966. The molecule has 7 heteroatoms. The first-order valence-electron chi connectivity index (χ1n) is 8.27. The predicted molar refractivity (Wildman–Crippen MR) is 105 cm³/mol. The van der Waals surface area contributed by atoms with Crippen LogP contribution in [0.2, 0.25) is 0 Å². The van der Waals surface area contributed by atoms with Crippen molar-refractivity contribution in [1.29, 1.82) is 0 Å². The minimum absolute atomic E-state index is 0.0482. The first-order chi connectivity index (χ1) is 12.9. The SMILES string of the molecule is Cc1cc(C)cc(-n2ccnc(SCC(=O)Nc3ccccc3F)c2=O)c1. The molecule has 1 N–H and O–H groups in total. The van der Waals surface area contributed by atoms with Gasteiger partial charge in [-0.25, -0.2) is 9.37 Å². The van der Waals surface area contributed by atoms with Crippen molar-refractivity contribution in [1.82, 2.24) is 9.55 Å². The molecule has 0 radical (unpaired) electrons. The number of para-hydroxylation sites is 1. The lowest BCUT2D eigenvalue weighted by molar-refractivity contribution is -0.113. The highest BCUT2D eigenvalue weighted by Crippen LogP contribution is 2.16. The normalized spacial score (nSPS) is 10.6. The predicted octanol–water partition coefficient (Wildman–Crippen LogP) is 3.72. The van der Waals surface area contributed by atoms with Crippen molar-refractivity contribution in [3.63, 3.8) is 0 Å². The van der Waals surface area contributed by atoms with Gasteiger partial charge in [-0.15, -0.1) is 0 Å². The van der Waals surface area contributed by atoms with E-state index in [1.807, 2.05) is 32.0 Å². The Labute approximate surface area is 160 Å². The zero-order valence-electron chi connectivity index (χ0n) is 14.9. The Balaban J connectivity index is 1.75. The Morgan fingerprint density at radius 1 is 1.19 bits per heavy atom. The van der Waals surface area contributed by atoms with Gasteiger partial charge in [0.2, 0.25) is 5.91 Å². The number of nitrogens with one attached hydrogen (secondary N) is 1. The summed E-state index contributed by atoms with van der Waals surface area (Å²) < 4.78 is 15.1. The Kier molecular flexibility index (Phi) is 5.71. The Morgan fingerprint density at radius 2 is 1.89 bits per heavy atom. The Bertz CT molecular complexity index is 1030. The van der Waals surface area contributed by atoms with E-state index in [9.17, 15) is 14.0 Å². The summed E-state index contributed by atoms with van der Waals surface area (Å²) in [6.07, 6.45) is 3.12. The van der Waals surface area contributed by atoms with Crippen molar-refractivity contribution in [2.45, 2.75) is 18.9 Å². The fourth-order valence-electron chi connectivity index (χ4n) is 2.67. The number of anilines is 1. The average molecular weight is 383 g/mol. The zero-order chi connectivity index (χ0) is 19.4. The van der Waals surface area contributed by atoms with E-state index in [1.54, 1.807) is 18.3 Å². The van der Waals surface area contributed by atoms with Gasteiger partial charge in [0.25, 0.3) is 5.56 Å². The molecule has 0 fully saturated rings. The zero-order valence-corrected chi connectivity index (χ0v) is 15.7. The van der Waals surface area contributed by atoms with Crippen LogP contribution in [0.5, 0.6) is 0 Å². The second-order valence-electron chi connectivity index (χ2n) is 6.07. The van der Waals surface area contributed by atoms with Crippen LogP contribution in [0, 0.1) is 19.7 Å². The van der Waals surface area contributed by atoms with Crippen LogP contribution in [0.15, 0.2) is 64.7 Å². The van der Waals surface area contributed by atoms with E-state index in [0.717, 1.165) is 28.6 Å². The molecular weight excluding hydrogens is 365 g/mol. The quantitative estimate of drug-likeness (QED) is 0.682. The molecule has 3 aromatic rings. The molecule has 1 amide bonds. The molecule has 27 heavy (non-hydrogen) atoms. The smallest absolute Gasteiger partial charge is 0.287 e. The van der Waals surface area contributed by atoms with Gasteiger partial charge in [-0.2, -0.15) is 0 Å². The summed E-state index contributed by atoms with van der Waals surface area (Å²) in [6.45, 7) is 3.93. The number of benzene rings is 2. The Morgan fingerprint density at radius 3 is 2.59 bits per heavy atom. The number of hydrogen-bond acceptors (Lipinski definition) is 4. The number of rotatable bonds is 5. The number of carbonyl (C=O) groups is 1. The molecule has 0 bridgehead atoms. The van der Waals surface area contributed by atoms with Crippen molar-refractivity contribution < 1.29 is 9.18 Å². The lowest BCUT2D eigenvalue weighted by atomic mass is 10.1. The van der Waals surface area contributed by atoms with E-state index in [2.05, 4.69) is 10.3 Å². The molecule has 0 saturated carbocycles. The summed E-state index contributed by atoms with van der Waals surface area (Å²) >= 11 is 1.02. The van der Waals surface area contributed by atoms with E-state index in [0.29, 0.717) is 0 Å². The molecule has 0 atom stereocenters. The third-order valence-electron chi connectivity index (χ3n) is 3.78. The summed E-state index contributed by atoms with van der Waals surface area (Å²) in [6, 6.07) is 11.8. The molecule has 1 heterocycles. The monoisotopic (exact) mass is 383 g/mol. The van der Waals surface area contributed by atoms with Crippen LogP contribution in [0.25, 0.3) is 5.69 Å². The van der Waals surface area contributed by atoms with Gasteiger partial charge in [-0.05, 0) is 49.2 Å². The molecule has 2 aromatic carbocycles. The third kappa shape index (κ3) is 4.62. The molecule has 5 nitrogen and oxygen atoms in total. The molecule has 0 unspecified atom stereocenters. The number of amides is 1. The molecule has 0 aliphatic heterocycles. The summed E-state index contributed by atoms with van der Waals surface area (Å²) in [4.78, 5) is 28.8. The van der Waals surface area contributed by atoms with Crippen molar-refractivity contribution in [3.8, 4) is 5.69 Å². The average Bonchev–Trinajstić information content (AvgIpc) is 2.62. The lowest BCUT2D eigenvalue weighted by Gasteiger charge is -2.10. The standard InChI is InChI=1S/C20H18FN3O2S/c1-13-9-14(2)11-15(10-13)24-8-7-22-19(20(24)26)27-12-18(25)23-17-6-4-3-5-16(17)21/h3-11H,12H2,1-2H3,(H,23,25). The van der Waals surface area contributed by atoms with E-state index in [4.69, 9.17) is 0 Å². The lowest BCUT2D eigenvalue weighted by Crippen LogP contribution is -2.22. The van der Waals surface area contributed by atoms with Gasteiger partial charge < -0.3 is 5.32 Å². The van der Waals surface area contributed by atoms with Crippen molar-refractivity contribution in [3.05, 3.63) is 82.2 Å². The topological polar surface area (TPSA) is 64.0 Å². The molecule has 1 aromatic heterocycles. The van der Waals surface area contributed by atoms with E-state index >= 15 is 0 Å². The molecule has 0 aliphatic carbocycles. The largest absolute Gasteiger partial charge is 0.323 e. The third-order valence-corrected chi connectivity index (χ3v) is 4.74. The van der Waals surface area contributed by atoms with Crippen LogP contribution in [0.4, 0.5) is 10.1 Å². The summed E-state index contributed by atoms with van der Waals surface area (Å²) in [7, 11) is 0. The Hall–Kier alpha value is -2.93. The first kappa shape index (κ1) is 18.8. The number of carbonyl (C=O) groups excluding carboxylic acids is 1. The van der Waals surface area contributed by atoms with Gasteiger partial charge in [-0.3, -0.25) is 14.2 Å². The summed E-state index contributed by atoms with van der Waals surface area (Å²) in [5, 5.41) is 2.70. The van der Waals surface area contributed by atoms with Crippen LogP contribution in [-0.2, 0) is 4.79 Å². The molecule has 3 rings (SSSR count). The maximum atomic E-state index is 13.6. The van der Waals surface area contributed by atoms with Gasteiger partial charge in [-0.1, -0.05) is 30.0 Å². The maximum absolute atomic E-state index is 13.6. The molecule has 0 aliphatic rings. The molecule has 0 saturated heterocycles. The number of aryl methyl sites for hydroxylation is 2. The van der Waals surface area contributed by atoms with Crippen LogP contribution in [0.3, 0.4) is 0 Å². The van der Waals surface area contributed by atoms with Gasteiger partial charge in [0.05, 0.1) is 11.4 Å². The fourth-order valence-corrected chi connectivity index (χ4v) is 3.37. The van der Waals surface area contributed by atoms with Crippen LogP contribution in [0.1, 0.15) is 11.1 Å². The van der Waals surface area contributed by atoms with E-state index < -0.39 is 11.7 Å². The summed E-state index contributed by atoms with van der Waals surface area (Å²) in [5.41, 5.74) is 2.65. The molecule has 0 spiro atoms. The highest BCUT2D eigenvalue weighted by molar-refractivity contribution is 7.99. The van der Waals surface area contributed by atoms with Crippen LogP contribution in [-0.4, -0.2) is 21.2 Å². The molecular formula is C20H18FN3O2S. The minimum Gasteiger partial charge on any atom is -0.323 e. The van der Waals surface area contributed by atoms with E-state index in [1.165, 1.54) is 22.9 Å². The number of hydrogen-bond donors (Lipinski definition) is 1. The second-order valence-corrected chi connectivity index (χ2v) is 7.03. The number of aromatic nitrogens is 2. The highest BCUT2D eigenvalue weighted by Gasteiger charge is 2.12. The van der Waals surface area contributed by atoms with Gasteiger partial charge in [0.1, 0.15) is 5.82 Å². The number of thioether (sulfide) groups is 1. The van der Waals surface area contributed by atoms with Crippen molar-refractivity contribution >= 4 is 23.4 Å². The fraction of sp³-hybridized carbons (Fsp3) is 0.150.